The summed E-state index contributed by atoms with van der Waals surface area (Å²) in [4.78, 5) is 0. The number of anilines is 1. The van der Waals surface area contributed by atoms with Crippen molar-refractivity contribution in [1.82, 2.24) is 9.78 Å². The molecule has 0 aliphatic rings. The summed E-state index contributed by atoms with van der Waals surface area (Å²) in [7, 11) is 0. The predicted octanol–water partition coefficient (Wildman–Crippen LogP) is 3.27. The van der Waals surface area contributed by atoms with Gasteiger partial charge in [0.05, 0.1) is 21.8 Å². The van der Waals surface area contributed by atoms with Crippen molar-refractivity contribution in [3.05, 3.63) is 39.5 Å². The number of nitriles is 1. The van der Waals surface area contributed by atoms with Gasteiger partial charge in [0.1, 0.15) is 23.1 Å². The molecular weight excluding hydrogens is 339 g/mol. The van der Waals surface area contributed by atoms with Gasteiger partial charge in [-0.1, -0.05) is 23.2 Å². The number of hydrogen-bond donors (Lipinski definition) is 1. The molecule has 0 amide bonds. The number of hydrogen-bond acceptors (Lipinski definition) is 3. The summed E-state index contributed by atoms with van der Waals surface area (Å²) in [6.45, 7) is 0. The van der Waals surface area contributed by atoms with Crippen molar-refractivity contribution < 1.29 is 13.2 Å². The Balaban J connectivity index is 0.00000220. The van der Waals surface area contributed by atoms with E-state index in [9.17, 15) is 13.2 Å². The van der Waals surface area contributed by atoms with E-state index in [-0.39, 0.29) is 56.7 Å². The fourth-order valence-corrected chi connectivity index (χ4v) is 2.20. The van der Waals surface area contributed by atoms with E-state index in [1.54, 1.807) is 6.07 Å². The van der Waals surface area contributed by atoms with Gasteiger partial charge in [-0.25, -0.2) is 4.68 Å². The van der Waals surface area contributed by atoms with Gasteiger partial charge in [-0.05, 0) is 12.1 Å². The van der Waals surface area contributed by atoms with Gasteiger partial charge in [-0.15, -0.1) is 0 Å². The third-order valence-corrected chi connectivity index (χ3v) is 3.06. The van der Waals surface area contributed by atoms with E-state index in [1.165, 1.54) is 6.20 Å². The number of rotatable bonds is 1. The molecule has 0 bridgehead atoms. The molecule has 0 atom stereocenters. The number of halogens is 5. The van der Waals surface area contributed by atoms with Gasteiger partial charge in [-0.2, -0.15) is 23.5 Å². The molecular formula is C11H5Cl2F3N4Na. The number of aromatic nitrogens is 2. The third-order valence-electron chi connectivity index (χ3n) is 2.48. The van der Waals surface area contributed by atoms with Crippen LogP contribution in [0.3, 0.4) is 0 Å². The minimum Gasteiger partial charge on any atom is -0.382 e. The smallest absolute Gasteiger partial charge is 0.382 e. The van der Waals surface area contributed by atoms with Crippen LogP contribution in [-0.2, 0) is 6.18 Å². The van der Waals surface area contributed by atoms with Crippen LogP contribution in [0.5, 0.6) is 0 Å². The average Bonchev–Trinajstić information content (AvgIpc) is 2.69. The van der Waals surface area contributed by atoms with E-state index < -0.39 is 11.7 Å². The summed E-state index contributed by atoms with van der Waals surface area (Å²) in [5, 5.41) is 12.0. The monoisotopic (exact) mass is 343 g/mol. The van der Waals surface area contributed by atoms with E-state index in [2.05, 4.69) is 5.10 Å². The second-order valence-corrected chi connectivity index (χ2v) is 4.57. The number of alkyl halides is 3. The standard InChI is InChI=1S/C11H5Cl2F3N4.Na/c12-7-1-6(11(14,15)16)2-8(13)9(7)20-10(18)5(3-17)4-19-20;/h1-2,4H,18H2;. The van der Waals surface area contributed by atoms with E-state index in [1.807, 2.05) is 0 Å². The molecule has 1 aromatic carbocycles. The first kappa shape index (κ1) is 18.1. The van der Waals surface area contributed by atoms with Gasteiger partial charge >= 0.3 is 6.18 Å². The molecule has 0 saturated heterocycles. The summed E-state index contributed by atoms with van der Waals surface area (Å²) < 4.78 is 38.9. The molecule has 105 valence electrons. The first-order chi connectivity index (χ1) is 9.25. The van der Waals surface area contributed by atoms with E-state index in [0.717, 1.165) is 16.8 Å². The van der Waals surface area contributed by atoms with Crippen molar-refractivity contribution in [3.63, 3.8) is 0 Å². The molecule has 0 aliphatic heterocycles. The van der Waals surface area contributed by atoms with Crippen LogP contribution < -0.4 is 5.73 Å². The van der Waals surface area contributed by atoms with Gasteiger partial charge in [0.2, 0.25) is 0 Å². The molecule has 4 nitrogen and oxygen atoms in total. The maximum absolute atomic E-state index is 12.6. The predicted molar refractivity (Wildman–Crippen MR) is 73.5 cm³/mol. The van der Waals surface area contributed by atoms with Crippen molar-refractivity contribution >= 4 is 58.6 Å². The van der Waals surface area contributed by atoms with Crippen molar-refractivity contribution in [2.24, 2.45) is 0 Å². The Bertz CT molecular complexity index is 698. The van der Waals surface area contributed by atoms with E-state index >= 15 is 0 Å². The summed E-state index contributed by atoms with van der Waals surface area (Å²) in [5.74, 6) is -0.0592. The SMILES string of the molecule is N#Cc1cnn(-c2c(Cl)cc(C(F)(F)F)cc2Cl)c1N.[Na]. The summed E-state index contributed by atoms with van der Waals surface area (Å²) in [5.41, 5.74) is 4.72. The van der Waals surface area contributed by atoms with Crippen molar-refractivity contribution in [2.45, 2.75) is 6.18 Å². The van der Waals surface area contributed by atoms with Crippen LogP contribution in [0, 0.1) is 11.3 Å². The number of benzene rings is 1. The van der Waals surface area contributed by atoms with Crippen LogP contribution >= 0.6 is 23.2 Å². The third kappa shape index (κ3) is 3.47. The van der Waals surface area contributed by atoms with Crippen LogP contribution in [-0.4, -0.2) is 39.3 Å². The van der Waals surface area contributed by atoms with Gasteiger partial charge < -0.3 is 5.73 Å². The van der Waals surface area contributed by atoms with Crippen molar-refractivity contribution in [1.29, 1.82) is 5.26 Å². The molecule has 1 aromatic heterocycles. The zero-order chi connectivity index (χ0) is 15.1. The second-order valence-electron chi connectivity index (χ2n) is 3.75. The number of nitrogens with zero attached hydrogens (tertiary/aromatic N) is 3. The van der Waals surface area contributed by atoms with Crippen LogP contribution in [0.2, 0.25) is 10.0 Å². The second kappa shape index (κ2) is 6.46. The summed E-state index contributed by atoms with van der Waals surface area (Å²) >= 11 is 11.6. The molecule has 21 heavy (non-hydrogen) atoms. The zero-order valence-corrected chi connectivity index (χ0v) is 14.1. The molecule has 0 spiro atoms. The Hall–Kier alpha value is -0.910. The van der Waals surface area contributed by atoms with E-state index in [4.69, 9.17) is 34.2 Å². The molecule has 0 aliphatic carbocycles. The van der Waals surface area contributed by atoms with Crippen LogP contribution in [0.15, 0.2) is 18.3 Å². The molecule has 0 fully saturated rings. The number of nitrogen functional groups attached to an aromatic ring is 1. The molecule has 1 radical (unpaired) electrons. The Morgan fingerprint density at radius 1 is 1.24 bits per heavy atom. The maximum Gasteiger partial charge on any atom is 0.416 e. The maximum atomic E-state index is 12.6. The topological polar surface area (TPSA) is 67.6 Å². The van der Waals surface area contributed by atoms with Gasteiger partial charge in [-0.3, -0.25) is 0 Å². The average molecular weight is 344 g/mol. The Labute approximate surface area is 149 Å². The van der Waals surface area contributed by atoms with Crippen LogP contribution in [0.1, 0.15) is 11.1 Å². The number of nitrogens with two attached hydrogens (primary N) is 1. The molecule has 0 saturated carbocycles. The fraction of sp³-hybridized carbons (Fsp3) is 0.0909. The van der Waals surface area contributed by atoms with Gasteiger partial charge in [0.25, 0.3) is 0 Å². The Kier molecular flexibility index (Phi) is 5.58. The molecule has 1 heterocycles. The molecule has 2 N–H and O–H groups in total. The van der Waals surface area contributed by atoms with Gasteiger partial charge in [0, 0.05) is 29.6 Å². The van der Waals surface area contributed by atoms with Crippen LogP contribution in [0.4, 0.5) is 19.0 Å². The first-order valence-electron chi connectivity index (χ1n) is 5.06. The molecule has 2 rings (SSSR count). The van der Waals surface area contributed by atoms with Crippen LogP contribution in [0.25, 0.3) is 5.69 Å². The summed E-state index contributed by atoms with van der Waals surface area (Å²) in [6.07, 6.45) is -3.40. The zero-order valence-electron chi connectivity index (χ0n) is 10.5. The summed E-state index contributed by atoms with van der Waals surface area (Å²) in [6, 6.07) is 3.22. The van der Waals surface area contributed by atoms with E-state index in [0.29, 0.717) is 0 Å². The molecule has 0 unspecified atom stereocenters. The largest absolute Gasteiger partial charge is 0.416 e. The molecule has 2 aromatic rings. The normalized spacial score (nSPS) is 10.9. The van der Waals surface area contributed by atoms with Crippen molar-refractivity contribution in [3.8, 4) is 11.8 Å². The molecule has 10 heteroatoms. The van der Waals surface area contributed by atoms with Gasteiger partial charge in [0.15, 0.2) is 0 Å². The minimum absolute atomic E-state index is 0. The quantitative estimate of drug-likeness (QED) is 0.808. The Morgan fingerprint density at radius 3 is 2.14 bits per heavy atom. The van der Waals surface area contributed by atoms with Crippen molar-refractivity contribution in [2.75, 3.05) is 5.73 Å². The fourth-order valence-electron chi connectivity index (χ4n) is 1.55. The minimum atomic E-state index is -4.57. The Morgan fingerprint density at radius 2 is 1.76 bits per heavy atom. The first-order valence-corrected chi connectivity index (χ1v) is 5.81.